The van der Waals surface area contributed by atoms with Crippen LogP contribution in [0.3, 0.4) is 0 Å². The fraction of sp³-hybridized carbons (Fsp3) is 0.471. The summed E-state index contributed by atoms with van der Waals surface area (Å²) in [5.41, 5.74) is 1.07. The second-order valence-corrected chi connectivity index (χ2v) is 6.52. The number of carbonyl (C=O) groups excluding carboxylic acids is 2. The third-order valence-corrected chi connectivity index (χ3v) is 4.86. The number of fused-ring (bicyclic) bond motifs is 1. The Hall–Kier alpha value is -2.48. The van der Waals surface area contributed by atoms with E-state index in [0.717, 1.165) is 12.8 Å². The Morgan fingerprint density at radius 3 is 3.04 bits per heavy atom. The largest absolute Gasteiger partial charge is 0.376 e. The molecule has 3 atom stereocenters. The fourth-order valence-electron chi connectivity index (χ4n) is 3.66. The van der Waals surface area contributed by atoms with Crippen molar-refractivity contribution in [3.63, 3.8) is 0 Å². The zero-order valence-electron chi connectivity index (χ0n) is 13.5. The normalized spacial score (nSPS) is 26.6. The van der Waals surface area contributed by atoms with Crippen LogP contribution in [0.25, 0.3) is 11.0 Å². The van der Waals surface area contributed by atoms with Gasteiger partial charge in [-0.25, -0.2) is 9.37 Å². The van der Waals surface area contributed by atoms with Crippen LogP contribution < -0.4 is 10.6 Å². The smallest absolute Gasteiger partial charge is 0.253 e. The van der Waals surface area contributed by atoms with E-state index in [-0.39, 0.29) is 29.7 Å². The molecule has 1 unspecified atom stereocenters. The topological polar surface area (TPSA) is 96.1 Å². The Labute approximate surface area is 143 Å². The standard InChI is InChI=1S/C17H19FN4O3/c18-9-6-10(15-12(7-9)19-8-20-15)17(24)21-11-3-4-14(23)22-16(11)13-2-1-5-25-13/h6-8,11,13,16H,1-5H2,(H,19,20)(H,21,24)(H,22,23)/t11-,13?,16-/m0/s1. The first-order valence-corrected chi connectivity index (χ1v) is 8.46. The van der Waals surface area contributed by atoms with Crippen LogP contribution in [-0.2, 0) is 9.53 Å². The Balaban J connectivity index is 1.57. The number of nitrogens with zero attached hydrogens (tertiary/aromatic N) is 1. The number of imidazole rings is 1. The summed E-state index contributed by atoms with van der Waals surface area (Å²) in [6.07, 6.45) is 3.98. The second-order valence-electron chi connectivity index (χ2n) is 6.52. The van der Waals surface area contributed by atoms with Gasteiger partial charge in [-0.15, -0.1) is 0 Å². The van der Waals surface area contributed by atoms with Crippen molar-refractivity contribution in [3.05, 3.63) is 29.8 Å². The highest BCUT2D eigenvalue weighted by molar-refractivity contribution is 6.05. The monoisotopic (exact) mass is 346 g/mol. The van der Waals surface area contributed by atoms with Gasteiger partial charge in [-0.3, -0.25) is 9.59 Å². The second kappa shape index (κ2) is 6.44. The number of piperidine rings is 1. The van der Waals surface area contributed by atoms with E-state index in [9.17, 15) is 14.0 Å². The molecule has 7 nitrogen and oxygen atoms in total. The lowest BCUT2D eigenvalue weighted by atomic mass is 9.92. The van der Waals surface area contributed by atoms with Crippen molar-refractivity contribution in [1.29, 1.82) is 0 Å². The number of hydrogen-bond acceptors (Lipinski definition) is 4. The van der Waals surface area contributed by atoms with Crippen LogP contribution in [0.4, 0.5) is 4.39 Å². The average Bonchev–Trinajstić information content (AvgIpc) is 3.26. The molecule has 3 heterocycles. The van der Waals surface area contributed by atoms with Crippen LogP contribution in [0.15, 0.2) is 18.5 Å². The molecule has 2 saturated heterocycles. The number of H-pyrrole nitrogens is 1. The van der Waals surface area contributed by atoms with Gasteiger partial charge in [-0.2, -0.15) is 0 Å². The molecule has 25 heavy (non-hydrogen) atoms. The number of aromatic nitrogens is 2. The molecule has 0 radical (unpaired) electrons. The van der Waals surface area contributed by atoms with E-state index >= 15 is 0 Å². The first kappa shape index (κ1) is 16.0. The molecule has 2 aromatic rings. The molecule has 132 valence electrons. The first-order chi connectivity index (χ1) is 12.1. The minimum Gasteiger partial charge on any atom is -0.376 e. The molecule has 1 aromatic carbocycles. The average molecular weight is 346 g/mol. The van der Waals surface area contributed by atoms with Gasteiger partial charge in [0.25, 0.3) is 5.91 Å². The maximum Gasteiger partial charge on any atom is 0.253 e. The van der Waals surface area contributed by atoms with E-state index in [1.54, 1.807) is 0 Å². The summed E-state index contributed by atoms with van der Waals surface area (Å²) in [6.45, 7) is 0.662. The van der Waals surface area contributed by atoms with E-state index in [1.165, 1.54) is 18.5 Å². The van der Waals surface area contributed by atoms with E-state index < -0.39 is 11.7 Å². The SMILES string of the molecule is O=C1CC[C@H](NC(=O)c2cc(F)cc3[nH]cnc23)[C@@H](C2CCCO2)N1. The van der Waals surface area contributed by atoms with Gasteiger partial charge in [0.15, 0.2) is 0 Å². The minimum atomic E-state index is -0.505. The van der Waals surface area contributed by atoms with Crippen molar-refractivity contribution in [2.24, 2.45) is 0 Å². The Morgan fingerprint density at radius 1 is 1.36 bits per heavy atom. The van der Waals surface area contributed by atoms with Crippen LogP contribution in [0.1, 0.15) is 36.0 Å². The van der Waals surface area contributed by atoms with Crippen molar-refractivity contribution in [3.8, 4) is 0 Å². The molecule has 4 rings (SSSR count). The molecular formula is C17H19FN4O3. The van der Waals surface area contributed by atoms with Crippen molar-refractivity contribution < 1.29 is 18.7 Å². The highest BCUT2D eigenvalue weighted by atomic mass is 19.1. The highest BCUT2D eigenvalue weighted by Gasteiger charge is 2.37. The molecule has 3 N–H and O–H groups in total. The zero-order valence-corrected chi connectivity index (χ0v) is 13.5. The number of ether oxygens (including phenoxy) is 1. The third-order valence-electron chi connectivity index (χ3n) is 4.86. The molecular weight excluding hydrogens is 327 g/mol. The van der Waals surface area contributed by atoms with Gasteiger partial charge in [0.1, 0.15) is 11.3 Å². The number of aromatic amines is 1. The van der Waals surface area contributed by atoms with Crippen molar-refractivity contribution >= 4 is 22.8 Å². The summed E-state index contributed by atoms with van der Waals surface area (Å²) < 4.78 is 19.5. The van der Waals surface area contributed by atoms with Crippen LogP contribution in [-0.4, -0.2) is 46.6 Å². The van der Waals surface area contributed by atoms with Crippen LogP contribution in [0.5, 0.6) is 0 Å². The summed E-state index contributed by atoms with van der Waals surface area (Å²) in [4.78, 5) is 31.4. The van der Waals surface area contributed by atoms with Crippen molar-refractivity contribution in [1.82, 2.24) is 20.6 Å². The summed E-state index contributed by atoms with van der Waals surface area (Å²) >= 11 is 0. The molecule has 2 aliphatic heterocycles. The number of halogens is 1. The Kier molecular flexibility index (Phi) is 4.12. The summed E-state index contributed by atoms with van der Waals surface area (Å²) in [6, 6.07) is 1.96. The Morgan fingerprint density at radius 2 is 2.24 bits per heavy atom. The maximum absolute atomic E-state index is 13.8. The number of rotatable bonds is 3. The molecule has 2 fully saturated rings. The van der Waals surface area contributed by atoms with E-state index in [1.807, 2.05) is 0 Å². The third kappa shape index (κ3) is 3.09. The maximum atomic E-state index is 13.8. The molecule has 0 spiro atoms. The number of carbonyl (C=O) groups is 2. The number of amides is 2. The summed E-state index contributed by atoms with van der Waals surface area (Å²) in [5, 5.41) is 5.87. The Bertz CT molecular complexity index is 815. The predicted octanol–water partition coefficient (Wildman–Crippen LogP) is 1.26. The molecule has 2 aliphatic rings. The van der Waals surface area contributed by atoms with E-state index in [0.29, 0.717) is 30.5 Å². The van der Waals surface area contributed by atoms with Gasteiger partial charge in [0.05, 0.1) is 35.6 Å². The predicted molar refractivity (Wildman–Crippen MR) is 87.4 cm³/mol. The van der Waals surface area contributed by atoms with Crippen molar-refractivity contribution in [2.45, 2.75) is 43.9 Å². The number of benzene rings is 1. The molecule has 1 aromatic heterocycles. The quantitative estimate of drug-likeness (QED) is 0.779. The molecule has 2 amide bonds. The lowest BCUT2D eigenvalue weighted by Crippen LogP contribution is -2.60. The lowest BCUT2D eigenvalue weighted by molar-refractivity contribution is -0.125. The van der Waals surface area contributed by atoms with Gasteiger partial charge in [0.2, 0.25) is 5.91 Å². The highest BCUT2D eigenvalue weighted by Crippen LogP contribution is 2.23. The number of nitrogens with one attached hydrogen (secondary N) is 3. The molecule has 0 bridgehead atoms. The van der Waals surface area contributed by atoms with Gasteiger partial charge >= 0.3 is 0 Å². The van der Waals surface area contributed by atoms with Gasteiger partial charge < -0.3 is 20.4 Å². The van der Waals surface area contributed by atoms with Crippen LogP contribution >= 0.6 is 0 Å². The molecule has 8 heteroatoms. The van der Waals surface area contributed by atoms with Crippen LogP contribution in [0.2, 0.25) is 0 Å². The summed E-state index contributed by atoms with van der Waals surface area (Å²) in [5.74, 6) is -0.943. The van der Waals surface area contributed by atoms with E-state index in [4.69, 9.17) is 4.74 Å². The van der Waals surface area contributed by atoms with Gasteiger partial charge in [0, 0.05) is 13.0 Å². The zero-order chi connectivity index (χ0) is 17.4. The molecule has 0 aliphatic carbocycles. The molecule has 0 saturated carbocycles. The van der Waals surface area contributed by atoms with Crippen molar-refractivity contribution in [2.75, 3.05) is 6.61 Å². The fourth-order valence-corrected chi connectivity index (χ4v) is 3.66. The minimum absolute atomic E-state index is 0.0357. The van der Waals surface area contributed by atoms with Crippen LogP contribution in [0, 0.1) is 5.82 Å². The van der Waals surface area contributed by atoms with Gasteiger partial charge in [-0.1, -0.05) is 0 Å². The van der Waals surface area contributed by atoms with Gasteiger partial charge in [-0.05, 0) is 31.4 Å². The van der Waals surface area contributed by atoms with E-state index in [2.05, 4.69) is 20.6 Å². The lowest BCUT2D eigenvalue weighted by Gasteiger charge is -2.36. The summed E-state index contributed by atoms with van der Waals surface area (Å²) in [7, 11) is 0. The number of hydrogen-bond donors (Lipinski definition) is 3. The first-order valence-electron chi connectivity index (χ1n) is 8.46.